The van der Waals surface area contributed by atoms with E-state index in [9.17, 15) is 9.59 Å². The van der Waals surface area contributed by atoms with Crippen molar-refractivity contribution < 1.29 is 9.59 Å². The van der Waals surface area contributed by atoms with Crippen LogP contribution in [0, 0.1) is 6.92 Å². The number of nitrogens with one attached hydrogen (secondary N) is 1. The molecule has 1 aromatic carbocycles. The topological polar surface area (TPSA) is 52.7 Å². The summed E-state index contributed by atoms with van der Waals surface area (Å²) in [7, 11) is 1.60. The van der Waals surface area contributed by atoms with E-state index in [1.54, 1.807) is 13.1 Å². The number of carbonyl (C=O) groups is 2. The average molecular weight is 384 g/mol. The molecule has 1 fully saturated rings. The standard InChI is InChI=1S/C21H25N3O2S/c1-14-6-7-17(27-14)13-23-10-8-16(9-11-23)24-12-15-4-3-5-18(20(25)22-2)19(15)21(24)26/h3-7,16H,8-13H2,1-2H3,(H,22,25). The molecule has 6 heteroatoms. The lowest BCUT2D eigenvalue weighted by atomic mass is 10.0. The molecule has 0 unspecified atom stereocenters. The molecule has 27 heavy (non-hydrogen) atoms. The van der Waals surface area contributed by atoms with Gasteiger partial charge < -0.3 is 10.2 Å². The van der Waals surface area contributed by atoms with Gasteiger partial charge >= 0.3 is 0 Å². The number of thiophene rings is 1. The summed E-state index contributed by atoms with van der Waals surface area (Å²) in [5, 5.41) is 2.64. The molecule has 2 amide bonds. The van der Waals surface area contributed by atoms with Crippen molar-refractivity contribution in [3.05, 3.63) is 56.8 Å². The highest BCUT2D eigenvalue weighted by molar-refractivity contribution is 7.11. The Kier molecular flexibility index (Phi) is 5.02. The monoisotopic (exact) mass is 383 g/mol. The molecule has 142 valence electrons. The number of hydrogen-bond donors (Lipinski definition) is 1. The van der Waals surface area contributed by atoms with E-state index >= 15 is 0 Å². The van der Waals surface area contributed by atoms with Gasteiger partial charge in [-0.25, -0.2) is 0 Å². The SMILES string of the molecule is CNC(=O)c1cccc2c1C(=O)N(C1CCN(Cc3ccc(C)s3)CC1)C2. The van der Waals surface area contributed by atoms with Gasteiger partial charge in [0.05, 0.1) is 11.1 Å². The Hall–Kier alpha value is -2.18. The summed E-state index contributed by atoms with van der Waals surface area (Å²) < 4.78 is 0. The van der Waals surface area contributed by atoms with Crippen molar-refractivity contribution in [3.63, 3.8) is 0 Å². The zero-order valence-electron chi connectivity index (χ0n) is 15.8. The second-order valence-corrected chi connectivity index (χ2v) is 8.74. The number of amides is 2. The Labute approximate surface area is 164 Å². The molecule has 2 aliphatic rings. The van der Waals surface area contributed by atoms with Crippen molar-refractivity contribution in [1.29, 1.82) is 0 Å². The fourth-order valence-corrected chi connectivity index (χ4v) is 5.11. The smallest absolute Gasteiger partial charge is 0.255 e. The molecule has 1 aromatic heterocycles. The number of aryl methyl sites for hydroxylation is 1. The third-order valence-corrected chi connectivity index (χ3v) is 6.60. The number of carbonyl (C=O) groups excluding carboxylic acids is 2. The fourth-order valence-electron chi connectivity index (χ4n) is 4.18. The summed E-state index contributed by atoms with van der Waals surface area (Å²) in [6.45, 7) is 5.77. The minimum absolute atomic E-state index is 0.0107. The maximum atomic E-state index is 13.0. The van der Waals surface area contributed by atoms with Gasteiger partial charge in [-0.1, -0.05) is 12.1 Å². The predicted octanol–water partition coefficient (Wildman–Crippen LogP) is 3.04. The summed E-state index contributed by atoms with van der Waals surface area (Å²) in [4.78, 5) is 32.4. The van der Waals surface area contributed by atoms with Gasteiger partial charge in [-0.05, 0) is 43.5 Å². The highest BCUT2D eigenvalue weighted by Gasteiger charge is 2.36. The molecule has 1 saturated heterocycles. The summed E-state index contributed by atoms with van der Waals surface area (Å²) in [6, 6.07) is 10.2. The number of hydrogen-bond acceptors (Lipinski definition) is 4. The maximum absolute atomic E-state index is 13.0. The van der Waals surface area contributed by atoms with Crippen LogP contribution < -0.4 is 5.32 Å². The second-order valence-electron chi connectivity index (χ2n) is 7.37. The fraction of sp³-hybridized carbons (Fsp3) is 0.429. The number of fused-ring (bicyclic) bond motifs is 1. The van der Waals surface area contributed by atoms with Gasteiger partial charge in [-0.2, -0.15) is 0 Å². The molecular weight excluding hydrogens is 358 g/mol. The number of rotatable bonds is 4. The predicted molar refractivity (Wildman–Crippen MR) is 107 cm³/mol. The number of benzene rings is 1. The highest BCUT2D eigenvalue weighted by atomic mass is 32.1. The van der Waals surface area contributed by atoms with E-state index in [0.29, 0.717) is 17.7 Å². The van der Waals surface area contributed by atoms with Gasteiger partial charge in [-0.15, -0.1) is 11.3 Å². The van der Waals surface area contributed by atoms with Gasteiger partial charge in [0.2, 0.25) is 0 Å². The van der Waals surface area contributed by atoms with Gasteiger partial charge in [-0.3, -0.25) is 14.5 Å². The molecule has 1 N–H and O–H groups in total. The lowest BCUT2D eigenvalue weighted by Gasteiger charge is -2.36. The van der Waals surface area contributed by atoms with Crippen LogP contribution in [0.25, 0.3) is 0 Å². The summed E-state index contributed by atoms with van der Waals surface area (Å²) in [6.07, 6.45) is 1.97. The molecule has 0 atom stereocenters. The summed E-state index contributed by atoms with van der Waals surface area (Å²) >= 11 is 1.86. The Morgan fingerprint density at radius 1 is 1.22 bits per heavy atom. The van der Waals surface area contributed by atoms with Crippen LogP contribution in [0.4, 0.5) is 0 Å². The molecule has 0 radical (unpaired) electrons. The van der Waals surface area contributed by atoms with Crippen molar-refractivity contribution in [2.24, 2.45) is 0 Å². The van der Waals surface area contributed by atoms with Gasteiger partial charge in [0.25, 0.3) is 11.8 Å². The first kappa shape index (κ1) is 18.2. The highest BCUT2D eigenvalue weighted by Crippen LogP contribution is 2.31. The molecule has 0 spiro atoms. The van der Waals surface area contributed by atoms with Crippen molar-refractivity contribution in [2.45, 2.75) is 38.9 Å². The van der Waals surface area contributed by atoms with Crippen LogP contribution >= 0.6 is 11.3 Å². The molecule has 2 aromatic rings. The quantitative estimate of drug-likeness (QED) is 0.883. The molecule has 3 heterocycles. The first-order chi connectivity index (χ1) is 13.1. The first-order valence-electron chi connectivity index (χ1n) is 9.49. The Morgan fingerprint density at radius 3 is 2.67 bits per heavy atom. The van der Waals surface area contributed by atoms with Crippen molar-refractivity contribution in [2.75, 3.05) is 20.1 Å². The van der Waals surface area contributed by atoms with E-state index in [1.165, 1.54) is 9.75 Å². The lowest BCUT2D eigenvalue weighted by Crippen LogP contribution is -2.44. The van der Waals surface area contributed by atoms with Gasteiger partial charge in [0.1, 0.15) is 0 Å². The Bertz CT molecular complexity index is 868. The number of piperidine rings is 1. The molecule has 0 aliphatic carbocycles. The van der Waals surface area contributed by atoms with Crippen molar-refractivity contribution >= 4 is 23.2 Å². The van der Waals surface area contributed by atoms with E-state index in [0.717, 1.165) is 38.0 Å². The molecule has 5 nitrogen and oxygen atoms in total. The Balaban J connectivity index is 1.42. The summed E-state index contributed by atoms with van der Waals surface area (Å²) in [5.74, 6) is -0.181. The minimum atomic E-state index is -0.192. The molecule has 0 bridgehead atoms. The number of nitrogens with zero attached hydrogens (tertiary/aromatic N) is 2. The van der Waals surface area contributed by atoms with E-state index in [2.05, 4.69) is 29.3 Å². The zero-order chi connectivity index (χ0) is 19.0. The normalized spacial score (nSPS) is 18.0. The van der Waals surface area contributed by atoms with E-state index in [1.807, 2.05) is 28.4 Å². The van der Waals surface area contributed by atoms with Crippen molar-refractivity contribution in [3.8, 4) is 0 Å². The Morgan fingerprint density at radius 2 is 2.00 bits per heavy atom. The number of likely N-dealkylation sites (tertiary alicyclic amines) is 1. The third-order valence-electron chi connectivity index (χ3n) is 5.61. The van der Waals surface area contributed by atoms with Gasteiger partial charge in [0, 0.05) is 49.0 Å². The molecular formula is C21H25N3O2S. The van der Waals surface area contributed by atoms with Crippen molar-refractivity contribution in [1.82, 2.24) is 15.1 Å². The zero-order valence-corrected chi connectivity index (χ0v) is 16.6. The minimum Gasteiger partial charge on any atom is -0.355 e. The van der Waals surface area contributed by atoms with Crippen LogP contribution in [0.3, 0.4) is 0 Å². The van der Waals surface area contributed by atoms with Crippen LogP contribution in [0.15, 0.2) is 30.3 Å². The largest absolute Gasteiger partial charge is 0.355 e. The van der Waals surface area contributed by atoms with E-state index in [-0.39, 0.29) is 17.9 Å². The van der Waals surface area contributed by atoms with Crippen LogP contribution in [-0.2, 0) is 13.1 Å². The molecule has 0 saturated carbocycles. The van der Waals surface area contributed by atoms with Crippen LogP contribution in [0.5, 0.6) is 0 Å². The average Bonchev–Trinajstić information content (AvgIpc) is 3.25. The van der Waals surface area contributed by atoms with Crippen LogP contribution in [0.2, 0.25) is 0 Å². The van der Waals surface area contributed by atoms with Gasteiger partial charge in [0.15, 0.2) is 0 Å². The summed E-state index contributed by atoms with van der Waals surface area (Å²) in [5.41, 5.74) is 2.05. The second kappa shape index (κ2) is 7.44. The maximum Gasteiger partial charge on any atom is 0.255 e. The molecule has 2 aliphatic heterocycles. The molecule has 4 rings (SSSR count). The van der Waals surface area contributed by atoms with E-state index in [4.69, 9.17) is 0 Å². The third kappa shape index (κ3) is 3.51. The van der Waals surface area contributed by atoms with Crippen LogP contribution in [-0.4, -0.2) is 47.8 Å². The van der Waals surface area contributed by atoms with Crippen LogP contribution in [0.1, 0.15) is 48.9 Å². The first-order valence-corrected chi connectivity index (χ1v) is 10.3. The lowest BCUT2D eigenvalue weighted by molar-refractivity contribution is 0.0589. The van der Waals surface area contributed by atoms with E-state index < -0.39 is 0 Å².